The number of carbonyl (C=O) groups excluding carboxylic acids is 2. The lowest BCUT2D eigenvalue weighted by molar-refractivity contribution is -0.151. The third kappa shape index (κ3) is 4.68. The summed E-state index contributed by atoms with van der Waals surface area (Å²) < 4.78 is 15.7. The number of hydrogen-bond donors (Lipinski definition) is 0. The van der Waals surface area contributed by atoms with Gasteiger partial charge >= 0.3 is 5.97 Å². The Bertz CT molecular complexity index is 367. The smallest absolute Gasteiger partial charge is 0.308 e. The highest BCUT2D eigenvalue weighted by Gasteiger charge is 2.33. The summed E-state index contributed by atoms with van der Waals surface area (Å²) in [5.41, 5.74) is 0. The fourth-order valence-corrected chi connectivity index (χ4v) is 2.93. The van der Waals surface area contributed by atoms with Gasteiger partial charge in [0.25, 0.3) is 0 Å². The number of esters is 1. The van der Waals surface area contributed by atoms with Crippen molar-refractivity contribution in [1.82, 2.24) is 4.90 Å². The van der Waals surface area contributed by atoms with E-state index >= 15 is 0 Å². The minimum Gasteiger partial charge on any atom is -0.469 e. The first-order valence-corrected chi connectivity index (χ1v) is 7.70. The van der Waals surface area contributed by atoms with Gasteiger partial charge in [-0.1, -0.05) is 0 Å². The van der Waals surface area contributed by atoms with Crippen molar-refractivity contribution in [3.8, 4) is 0 Å². The Hall–Kier alpha value is -1.14. The molecule has 120 valence electrons. The minimum atomic E-state index is -0.298. The lowest BCUT2D eigenvalue weighted by Crippen LogP contribution is -2.47. The number of ether oxygens (including phenoxy) is 3. The van der Waals surface area contributed by atoms with E-state index in [-0.39, 0.29) is 24.4 Å². The number of morpholine rings is 1. The molecular weight excluding hydrogens is 274 g/mol. The Labute approximate surface area is 125 Å². The first kappa shape index (κ1) is 16.2. The van der Waals surface area contributed by atoms with Crippen LogP contribution in [0.3, 0.4) is 0 Å². The van der Waals surface area contributed by atoms with Gasteiger partial charge in [0.15, 0.2) is 0 Å². The molecule has 0 radical (unpaired) electrons. The molecule has 1 aliphatic heterocycles. The maximum Gasteiger partial charge on any atom is 0.308 e. The summed E-state index contributed by atoms with van der Waals surface area (Å²) in [6, 6.07) is 0. The van der Waals surface area contributed by atoms with Gasteiger partial charge in [-0.25, -0.2) is 0 Å². The molecule has 6 nitrogen and oxygen atoms in total. The average molecular weight is 299 g/mol. The summed E-state index contributed by atoms with van der Waals surface area (Å²) in [5.74, 6) is 0.303. The third-order valence-corrected chi connectivity index (χ3v) is 4.17. The Balaban J connectivity index is 1.71. The summed E-state index contributed by atoms with van der Waals surface area (Å²) in [6.07, 6.45) is 2.84. The molecule has 1 amide bonds. The molecule has 2 fully saturated rings. The first-order chi connectivity index (χ1) is 10.1. The second-order valence-electron chi connectivity index (χ2n) is 5.73. The van der Waals surface area contributed by atoms with Gasteiger partial charge in [0, 0.05) is 26.1 Å². The van der Waals surface area contributed by atoms with E-state index in [1.807, 2.05) is 11.8 Å². The van der Waals surface area contributed by atoms with Crippen molar-refractivity contribution >= 4 is 11.9 Å². The molecule has 1 saturated heterocycles. The molecule has 0 aromatic heterocycles. The van der Waals surface area contributed by atoms with E-state index in [0.717, 1.165) is 19.4 Å². The van der Waals surface area contributed by atoms with Crippen molar-refractivity contribution in [3.63, 3.8) is 0 Å². The molecule has 0 bridgehead atoms. The second-order valence-corrected chi connectivity index (χ2v) is 5.73. The zero-order valence-corrected chi connectivity index (χ0v) is 12.9. The molecule has 6 heteroatoms. The Morgan fingerprint density at radius 2 is 2.05 bits per heavy atom. The van der Waals surface area contributed by atoms with Crippen molar-refractivity contribution in [2.45, 2.75) is 44.8 Å². The predicted octanol–water partition coefficient (Wildman–Crippen LogP) is 0.982. The number of carbonyl (C=O) groups is 2. The van der Waals surface area contributed by atoms with E-state index in [4.69, 9.17) is 9.47 Å². The fraction of sp³-hybridized carbons (Fsp3) is 0.867. The summed E-state index contributed by atoms with van der Waals surface area (Å²) in [4.78, 5) is 25.4. The molecule has 1 unspecified atom stereocenters. The minimum absolute atomic E-state index is 0.160. The van der Waals surface area contributed by atoms with Gasteiger partial charge in [0.1, 0.15) is 0 Å². The van der Waals surface area contributed by atoms with Crippen LogP contribution in [0.25, 0.3) is 0 Å². The van der Waals surface area contributed by atoms with Gasteiger partial charge in [-0.2, -0.15) is 0 Å². The van der Waals surface area contributed by atoms with Crippen molar-refractivity contribution in [1.29, 1.82) is 0 Å². The molecule has 0 N–H and O–H groups in total. The molecule has 1 saturated carbocycles. The molecule has 2 rings (SSSR count). The van der Waals surface area contributed by atoms with Gasteiger partial charge < -0.3 is 19.1 Å². The normalized spacial score (nSPS) is 28.9. The topological polar surface area (TPSA) is 65.1 Å². The first-order valence-electron chi connectivity index (χ1n) is 7.70. The highest BCUT2D eigenvalue weighted by atomic mass is 16.5. The number of methoxy groups -OCH3 is 1. The van der Waals surface area contributed by atoms with Crippen LogP contribution in [0.4, 0.5) is 0 Å². The van der Waals surface area contributed by atoms with Gasteiger partial charge in [-0.05, 0) is 25.7 Å². The van der Waals surface area contributed by atoms with E-state index in [9.17, 15) is 9.59 Å². The lowest BCUT2D eigenvalue weighted by Gasteiger charge is -2.37. The molecular formula is C15H25NO5. The Morgan fingerprint density at radius 1 is 1.29 bits per heavy atom. The zero-order valence-electron chi connectivity index (χ0n) is 12.9. The summed E-state index contributed by atoms with van der Waals surface area (Å²) >= 11 is 0. The Morgan fingerprint density at radius 3 is 2.71 bits per heavy atom. The Kier molecular flexibility index (Phi) is 5.99. The molecule has 0 aromatic carbocycles. The van der Waals surface area contributed by atoms with Gasteiger partial charge in [0.2, 0.25) is 5.91 Å². The summed E-state index contributed by atoms with van der Waals surface area (Å²) in [5, 5.41) is 0. The maximum absolute atomic E-state index is 12.3. The van der Waals surface area contributed by atoms with Crippen LogP contribution in [0.1, 0.15) is 32.6 Å². The van der Waals surface area contributed by atoms with E-state index < -0.39 is 0 Å². The average Bonchev–Trinajstić information content (AvgIpc) is 2.45. The van der Waals surface area contributed by atoms with Gasteiger partial charge in [-0.3, -0.25) is 9.59 Å². The highest BCUT2D eigenvalue weighted by Crippen LogP contribution is 2.33. The van der Waals surface area contributed by atoms with Crippen molar-refractivity contribution < 1.29 is 23.8 Å². The van der Waals surface area contributed by atoms with E-state index in [1.165, 1.54) is 7.11 Å². The second kappa shape index (κ2) is 7.75. The van der Waals surface area contributed by atoms with Gasteiger partial charge in [0.05, 0.1) is 32.3 Å². The predicted molar refractivity (Wildman–Crippen MR) is 75.7 cm³/mol. The summed E-state index contributed by atoms with van der Waals surface area (Å²) in [7, 11) is 1.36. The van der Waals surface area contributed by atoms with Crippen LogP contribution in [-0.2, 0) is 23.8 Å². The molecule has 21 heavy (non-hydrogen) atoms. The van der Waals surface area contributed by atoms with Crippen molar-refractivity contribution in [2.75, 3.05) is 33.4 Å². The van der Waals surface area contributed by atoms with Crippen LogP contribution >= 0.6 is 0 Å². The van der Waals surface area contributed by atoms with Crippen molar-refractivity contribution in [2.24, 2.45) is 5.92 Å². The quantitative estimate of drug-likeness (QED) is 0.684. The molecule has 2 aliphatic rings. The third-order valence-electron chi connectivity index (χ3n) is 4.17. The molecule has 0 aromatic rings. The standard InChI is InChI=1S/C15H25NO5/c1-3-20-12-6-11(7-12)8-14(17)16-4-5-21-13(10-16)9-15(18)19-2/h11-13H,3-10H2,1-2H3. The summed E-state index contributed by atoms with van der Waals surface area (Å²) in [6.45, 7) is 4.31. The highest BCUT2D eigenvalue weighted by molar-refractivity contribution is 5.77. The zero-order chi connectivity index (χ0) is 15.2. The number of hydrogen-bond acceptors (Lipinski definition) is 5. The van der Waals surface area contributed by atoms with Crippen LogP contribution in [0, 0.1) is 5.92 Å². The van der Waals surface area contributed by atoms with Crippen LogP contribution in [0.5, 0.6) is 0 Å². The maximum atomic E-state index is 12.3. The van der Waals surface area contributed by atoms with Crippen LogP contribution in [-0.4, -0.2) is 62.4 Å². The lowest BCUT2D eigenvalue weighted by atomic mass is 9.79. The molecule has 1 aliphatic carbocycles. The molecule has 0 spiro atoms. The monoisotopic (exact) mass is 299 g/mol. The van der Waals surface area contributed by atoms with E-state index in [0.29, 0.717) is 38.1 Å². The number of nitrogens with zero attached hydrogens (tertiary/aromatic N) is 1. The SMILES string of the molecule is CCOC1CC(CC(=O)N2CCOC(CC(=O)OC)C2)C1. The van der Waals surface area contributed by atoms with Crippen LogP contribution in [0.2, 0.25) is 0 Å². The number of rotatable bonds is 6. The van der Waals surface area contributed by atoms with E-state index in [2.05, 4.69) is 4.74 Å². The van der Waals surface area contributed by atoms with E-state index in [1.54, 1.807) is 0 Å². The van der Waals surface area contributed by atoms with Gasteiger partial charge in [-0.15, -0.1) is 0 Å². The number of amides is 1. The fourth-order valence-electron chi connectivity index (χ4n) is 2.93. The van der Waals surface area contributed by atoms with Crippen LogP contribution in [0.15, 0.2) is 0 Å². The van der Waals surface area contributed by atoms with Crippen molar-refractivity contribution in [3.05, 3.63) is 0 Å². The van der Waals surface area contributed by atoms with Crippen LogP contribution < -0.4 is 0 Å². The molecule has 1 atom stereocenters. The molecule has 1 heterocycles. The largest absolute Gasteiger partial charge is 0.469 e.